The molecule has 116 valence electrons. The Hall–Kier alpha value is -2.51. The topological polar surface area (TPSA) is 80.0 Å². The Morgan fingerprint density at radius 2 is 1.77 bits per heavy atom. The molecule has 1 amide bonds. The van der Waals surface area contributed by atoms with E-state index in [2.05, 4.69) is 25.2 Å². The predicted octanol–water partition coefficient (Wildman–Crippen LogP) is 0.362. The van der Waals surface area contributed by atoms with Gasteiger partial charge >= 0.3 is 0 Å². The van der Waals surface area contributed by atoms with Crippen LogP contribution in [0.5, 0.6) is 0 Å². The molecule has 0 spiro atoms. The van der Waals surface area contributed by atoms with Gasteiger partial charge in [-0.05, 0) is 12.1 Å². The summed E-state index contributed by atoms with van der Waals surface area (Å²) < 4.78 is 1.57. The van der Waals surface area contributed by atoms with Crippen LogP contribution in [0.3, 0.4) is 0 Å². The Morgan fingerprint density at radius 1 is 1.09 bits per heavy atom. The van der Waals surface area contributed by atoms with E-state index in [1.807, 2.05) is 30.9 Å². The highest BCUT2D eigenvalue weighted by Gasteiger charge is 2.23. The van der Waals surface area contributed by atoms with Crippen LogP contribution in [0.4, 0.5) is 5.82 Å². The van der Waals surface area contributed by atoms with Crippen molar-refractivity contribution in [2.24, 2.45) is 5.92 Å². The van der Waals surface area contributed by atoms with Crippen molar-refractivity contribution in [1.29, 1.82) is 0 Å². The van der Waals surface area contributed by atoms with Crippen molar-refractivity contribution in [2.75, 3.05) is 31.1 Å². The maximum absolute atomic E-state index is 12.0. The van der Waals surface area contributed by atoms with Crippen molar-refractivity contribution in [2.45, 2.75) is 13.8 Å². The quantitative estimate of drug-likeness (QED) is 0.814. The van der Waals surface area contributed by atoms with Crippen LogP contribution in [0.25, 0.3) is 5.82 Å². The van der Waals surface area contributed by atoms with E-state index in [0.29, 0.717) is 5.82 Å². The average molecular weight is 301 g/mol. The molecule has 1 fully saturated rings. The first kappa shape index (κ1) is 14.4. The van der Waals surface area contributed by atoms with E-state index in [9.17, 15) is 4.79 Å². The summed E-state index contributed by atoms with van der Waals surface area (Å²) in [5.74, 6) is 1.72. The first-order valence-corrected chi connectivity index (χ1v) is 7.37. The smallest absolute Gasteiger partial charge is 0.225 e. The summed E-state index contributed by atoms with van der Waals surface area (Å²) in [4.78, 5) is 19.9. The lowest BCUT2D eigenvalue weighted by molar-refractivity contribution is -0.134. The molecule has 0 atom stereocenters. The van der Waals surface area contributed by atoms with Crippen molar-refractivity contribution >= 4 is 11.7 Å². The molecule has 0 saturated carbocycles. The second-order valence-electron chi connectivity index (χ2n) is 5.56. The van der Waals surface area contributed by atoms with Crippen LogP contribution in [0.1, 0.15) is 13.8 Å². The van der Waals surface area contributed by atoms with Crippen LogP contribution in [-0.2, 0) is 4.79 Å². The number of anilines is 1. The molecule has 0 unspecified atom stereocenters. The van der Waals surface area contributed by atoms with Crippen molar-refractivity contribution < 1.29 is 4.79 Å². The number of nitrogens with zero attached hydrogens (tertiary/aromatic N) is 7. The highest BCUT2D eigenvalue weighted by atomic mass is 16.2. The summed E-state index contributed by atoms with van der Waals surface area (Å²) in [6, 6.07) is 3.78. The zero-order valence-electron chi connectivity index (χ0n) is 12.8. The van der Waals surface area contributed by atoms with Gasteiger partial charge in [-0.15, -0.1) is 10.2 Å². The van der Waals surface area contributed by atoms with Crippen LogP contribution >= 0.6 is 0 Å². The Labute approximate surface area is 128 Å². The van der Waals surface area contributed by atoms with Crippen LogP contribution in [-0.4, -0.2) is 61.9 Å². The second kappa shape index (κ2) is 6.08. The minimum Gasteiger partial charge on any atom is -0.352 e. The summed E-state index contributed by atoms with van der Waals surface area (Å²) in [7, 11) is 0. The Bertz CT molecular complexity index is 615. The van der Waals surface area contributed by atoms with Crippen molar-refractivity contribution in [1.82, 2.24) is 29.9 Å². The number of piperazine rings is 1. The molecule has 0 N–H and O–H groups in total. The van der Waals surface area contributed by atoms with E-state index in [1.54, 1.807) is 11.0 Å². The number of carbonyl (C=O) groups excluding carboxylic acids is 1. The molecule has 0 bridgehead atoms. The zero-order valence-corrected chi connectivity index (χ0v) is 12.8. The predicted molar refractivity (Wildman–Crippen MR) is 80.6 cm³/mol. The summed E-state index contributed by atoms with van der Waals surface area (Å²) in [6.07, 6.45) is 3.04. The molecule has 3 rings (SSSR count). The van der Waals surface area contributed by atoms with Gasteiger partial charge in [0.2, 0.25) is 5.91 Å². The maximum Gasteiger partial charge on any atom is 0.225 e. The fourth-order valence-electron chi connectivity index (χ4n) is 2.46. The Morgan fingerprint density at radius 3 is 2.32 bits per heavy atom. The van der Waals surface area contributed by atoms with Gasteiger partial charge in [0.25, 0.3) is 0 Å². The second-order valence-corrected chi connectivity index (χ2v) is 5.56. The lowest BCUT2D eigenvalue weighted by Crippen LogP contribution is -2.50. The van der Waals surface area contributed by atoms with E-state index in [4.69, 9.17) is 0 Å². The molecule has 22 heavy (non-hydrogen) atoms. The highest BCUT2D eigenvalue weighted by molar-refractivity contribution is 5.78. The van der Waals surface area contributed by atoms with Gasteiger partial charge in [0, 0.05) is 32.1 Å². The zero-order chi connectivity index (χ0) is 15.5. The van der Waals surface area contributed by atoms with Gasteiger partial charge in [-0.2, -0.15) is 5.10 Å². The van der Waals surface area contributed by atoms with Gasteiger partial charge in [-0.25, -0.2) is 9.67 Å². The normalized spacial score (nSPS) is 15.4. The molecule has 0 aromatic carbocycles. The Kier molecular flexibility index (Phi) is 3.99. The molecule has 1 aliphatic rings. The fourth-order valence-corrected chi connectivity index (χ4v) is 2.46. The largest absolute Gasteiger partial charge is 0.352 e. The summed E-state index contributed by atoms with van der Waals surface area (Å²) >= 11 is 0. The molecule has 0 aliphatic carbocycles. The van der Waals surface area contributed by atoms with Crippen LogP contribution in [0, 0.1) is 5.92 Å². The lowest BCUT2D eigenvalue weighted by Gasteiger charge is -2.36. The number of aromatic nitrogens is 5. The number of hydrogen-bond donors (Lipinski definition) is 0. The first-order chi connectivity index (χ1) is 10.6. The van der Waals surface area contributed by atoms with Crippen LogP contribution in [0.2, 0.25) is 0 Å². The lowest BCUT2D eigenvalue weighted by atomic mass is 10.1. The third kappa shape index (κ3) is 2.90. The van der Waals surface area contributed by atoms with E-state index in [0.717, 1.165) is 32.0 Å². The molecule has 8 heteroatoms. The number of amides is 1. The monoisotopic (exact) mass is 301 g/mol. The summed E-state index contributed by atoms with van der Waals surface area (Å²) in [6.45, 7) is 6.87. The number of rotatable bonds is 3. The van der Waals surface area contributed by atoms with Gasteiger partial charge in [0.1, 0.15) is 12.7 Å². The van der Waals surface area contributed by atoms with Crippen LogP contribution in [0.15, 0.2) is 24.8 Å². The molecular weight excluding hydrogens is 282 g/mol. The van der Waals surface area contributed by atoms with Gasteiger partial charge < -0.3 is 9.80 Å². The van der Waals surface area contributed by atoms with Gasteiger partial charge in [0.05, 0.1) is 0 Å². The van der Waals surface area contributed by atoms with Crippen LogP contribution < -0.4 is 4.90 Å². The SMILES string of the molecule is CC(C)C(=O)N1CCN(c2ccc(-n3cncn3)nn2)CC1. The maximum atomic E-state index is 12.0. The Balaban J connectivity index is 1.63. The molecule has 2 aromatic heterocycles. The molecule has 0 radical (unpaired) electrons. The molecule has 8 nitrogen and oxygen atoms in total. The van der Waals surface area contributed by atoms with Gasteiger partial charge in [-0.1, -0.05) is 13.8 Å². The third-order valence-corrected chi connectivity index (χ3v) is 3.70. The minimum absolute atomic E-state index is 0.0494. The first-order valence-electron chi connectivity index (χ1n) is 7.37. The number of hydrogen-bond acceptors (Lipinski definition) is 6. The fraction of sp³-hybridized carbons (Fsp3) is 0.500. The molecule has 2 aromatic rings. The average Bonchev–Trinajstić information content (AvgIpc) is 3.09. The molecule has 3 heterocycles. The van der Waals surface area contributed by atoms with Crippen molar-refractivity contribution in [3.63, 3.8) is 0 Å². The minimum atomic E-state index is 0.0494. The van der Waals surface area contributed by atoms with E-state index < -0.39 is 0 Å². The van der Waals surface area contributed by atoms with Crippen molar-refractivity contribution in [3.8, 4) is 5.82 Å². The van der Waals surface area contributed by atoms with E-state index >= 15 is 0 Å². The molecule has 1 aliphatic heterocycles. The standard InChI is InChI=1S/C14H19N7O/c1-11(2)14(22)20-7-5-19(6-8-20)12-3-4-13(18-17-12)21-10-15-9-16-21/h3-4,9-11H,5-8H2,1-2H3. The summed E-state index contributed by atoms with van der Waals surface area (Å²) in [5, 5.41) is 12.4. The van der Waals surface area contributed by atoms with E-state index in [1.165, 1.54) is 6.33 Å². The molecule has 1 saturated heterocycles. The third-order valence-electron chi connectivity index (χ3n) is 3.70. The van der Waals surface area contributed by atoms with Gasteiger partial charge in [-0.3, -0.25) is 4.79 Å². The highest BCUT2D eigenvalue weighted by Crippen LogP contribution is 2.15. The number of carbonyl (C=O) groups is 1. The molecular formula is C14H19N7O. The van der Waals surface area contributed by atoms with E-state index in [-0.39, 0.29) is 11.8 Å². The van der Waals surface area contributed by atoms with Crippen molar-refractivity contribution in [3.05, 3.63) is 24.8 Å². The summed E-state index contributed by atoms with van der Waals surface area (Å²) in [5.41, 5.74) is 0. The van der Waals surface area contributed by atoms with Gasteiger partial charge in [0.15, 0.2) is 11.6 Å².